The van der Waals surface area contributed by atoms with Gasteiger partial charge >= 0.3 is 0 Å². The van der Waals surface area contributed by atoms with E-state index in [0.29, 0.717) is 47.1 Å². The average molecular weight is 712 g/mol. The van der Waals surface area contributed by atoms with Gasteiger partial charge in [0.25, 0.3) is 0 Å². The molecule has 1 saturated heterocycles. The van der Waals surface area contributed by atoms with Crippen LogP contribution < -0.4 is 18.9 Å². The molecule has 8 nitrogen and oxygen atoms in total. The van der Waals surface area contributed by atoms with Gasteiger partial charge in [-0.05, 0) is 82.5 Å². The topological polar surface area (TPSA) is 61.2 Å². The Hall–Kier alpha value is -3.17. The lowest BCUT2D eigenvalue weighted by Gasteiger charge is -2.18. The summed E-state index contributed by atoms with van der Waals surface area (Å²) in [6, 6.07) is 15.3. The molecule has 1 aliphatic heterocycles. The highest BCUT2D eigenvalue weighted by Crippen LogP contribution is 2.40. The molecular weight excluding hydrogens is 659 g/mol. The molecule has 0 atom stereocenters. The minimum atomic E-state index is 0.441. The first-order valence-corrected chi connectivity index (χ1v) is 18.8. The van der Waals surface area contributed by atoms with Crippen molar-refractivity contribution in [1.29, 1.82) is 0 Å². The lowest BCUT2D eigenvalue weighted by atomic mass is 10.1. The number of imidazole rings is 1. The Labute approximate surface area is 302 Å². The summed E-state index contributed by atoms with van der Waals surface area (Å²) in [5, 5.41) is 0.924. The van der Waals surface area contributed by atoms with Gasteiger partial charge in [0.2, 0.25) is 0 Å². The van der Waals surface area contributed by atoms with Crippen LogP contribution in [0.25, 0.3) is 22.4 Å². The number of aromatic nitrogens is 2. The number of nitrogens with zero attached hydrogens (tertiary/aromatic N) is 4. The number of halogens is 2. The van der Waals surface area contributed by atoms with E-state index in [0.717, 1.165) is 105 Å². The van der Waals surface area contributed by atoms with Crippen LogP contribution in [0, 0.1) is 0 Å². The van der Waals surface area contributed by atoms with Gasteiger partial charge in [-0.25, -0.2) is 4.98 Å². The molecule has 0 saturated carbocycles. The summed E-state index contributed by atoms with van der Waals surface area (Å²) in [7, 11) is 0. The first-order chi connectivity index (χ1) is 23.9. The average Bonchev–Trinajstić information content (AvgIpc) is 3.76. The van der Waals surface area contributed by atoms with E-state index in [1.54, 1.807) is 18.2 Å². The molecule has 0 unspecified atom stereocenters. The van der Waals surface area contributed by atoms with E-state index >= 15 is 0 Å². The standard InChI is InChI=1S/C39H52Cl2N4O4/c1-5-9-20-45-35-26-31(46-23-12-19-43(7-3)8-4)28-37(47-22-6-2)38(35)42-39(45)32-15-13-30(49-29-14-16-33(40)34(41)25-29)27-36(32)48-24-21-44-17-10-11-18-44/h13-16,25-28H,5-12,17-24H2,1-4H3. The number of benzene rings is 3. The lowest BCUT2D eigenvalue weighted by molar-refractivity contribution is 0.238. The zero-order valence-electron chi connectivity index (χ0n) is 29.6. The molecule has 0 bridgehead atoms. The van der Waals surface area contributed by atoms with Crippen LogP contribution in [0.3, 0.4) is 0 Å². The van der Waals surface area contributed by atoms with Crippen molar-refractivity contribution in [2.45, 2.75) is 72.8 Å². The van der Waals surface area contributed by atoms with Crippen LogP contribution in [-0.4, -0.2) is 78.4 Å². The quantitative estimate of drug-likeness (QED) is 0.0846. The number of fused-ring (bicyclic) bond motifs is 1. The molecule has 0 spiro atoms. The van der Waals surface area contributed by atoms with Crippen LogP contribution in [0.1, 0.15) is 66.2 Å². The number of hydrogen-bond acceptors (Lipinski definition) is 7. The molecule has 1 aliphatic rings. The second kappa shape index (κ2) is 18.7. The highest BCUT2D eigenvalue weighted by Gasteiger charge is 2.22. The summed E-state index contributed by atoms with van der Waals surface area (Å²) < 4.78 is 27.8. The Kier molecular flexibility index (Phi) is 14.2. The van der Waals surface area contributed by atoms with Crippen molar-refractivity contribution in [3.63, 3.8) is 0 Å². The fourth-order valence-electron chi connectivity index (χ4n) is 6.18. The van der Waals surface area contributed by atoms with Gasteiger partial charge in [0.15, 0.2) is 5.75 Å². The number of likely N-dealkylation sites (tertiary alicyclic amines) is 1. The molecule has 4 aromatic rings. The van der Waals surface area contributed by atoms with Crippen LogP contribution >= 0.6 is 23.2 Å². The third-order valence-corrected chi connectivity index (χ3v) is 9.69. The summed E-state index contributed by atoms with van der Waals surface area (Å²) in [6.45, 7) is 17.5. The van der Waals surface area contributed by atoms with E-state index in [2.05, 4.69) is 48.1 Å². The van der Waals surface area contributed by atoms with Crippen LogP contribution in [0.2, 0.25) is 10.0 Å². The fourth-order valence-corrected chi connectivity index (χ4v) is 6.46. The summed E-state index contributed by atoms with van der Waals surface area (Å²) in [4.78, 5) is 10.1. The fraction of sp³-hybridized carbons (Fsp3) is 0.513. The molecule has 266 valence electrons. The lowest BCUT2D eigenvalue weighted by Crippen LogP contribution is -2.25. The molecule has 1 aromatic heterocycles. The second-order valence-corrected chi connectivity index (χ2v) is 13.4. The number of unbranched alkanes of at least 4 members (excludes halogenated alkanes) is 1. The third-order valence-electron chi connectivity index (χ3n) is 8.96. The summed E-state index contributed by atoms with van der Waals surface area (Å²) in [6.07, 6.45) is 6.39. The Balaban J connectivity index is 1.52. The Morgan fingerprint density at radius 3 is 2.18 bits per heavy atom. The first-order valence-electron chi connectivity index (χ1n) is 18.1. The van der Waals surface area contributed by atoms with Gasteiger partial charge in [0.1, 0.15) is 40.9 Å². The number of hydrogen-bond donors (Lipinski definition) is 0. The Bertz CT molecular complexity index is 1640. The minimum absolute atomic E-state index is 0.441. The number of aryl methyl sites for hydroxylation is 1. The molecule has 0 radical (unpaired) electrons. The number of ether oxygens (including phenoxy) is 4. The van der Waals surface area contributed by atoms with Crippen LogP contribution in [0.15, 0.2) is 48.5 Å². The third kappa shape index (κ3) is 9.97. The van der Waals surface area contributed by atoms with E-state index in [1.807, 2.05) is 24.3 Å². The van der Waals surface area contributed by atoms with Gasteiger partial charge in [-0.3, -0.25) is 4.90 Å². The molecule has 49 heavy (non-hydrogen) atoms. The highest BCUT2D eigenvalue weighted by molar-refractivity contribution is 6.42. The predicted octanol–water partition coefficient (Wildman–Crippen LogP) is 9.98. The summed E-state index contributed by atoms with van der Waals surface area (Å²) >= 11 is 12.4. The van der Waals surface area contributed by atoms with Crippen LogP contribution in [0.5, 0.6) is 28.7 Å². The largest absolute Gasteiger partial charge is 0.493 e. The van der Waals surface area contributed by atoms with Crippen molar-refractivity contribution in [2.75, 3.05) is 59.1 Å². The van der Waals surface area contributed by atoms with E-state index in [-0.39, 0.29) is 0 Å². The molecule has 2 heterocycles. The Morgan fingerprint density at radius 2 is 1.45 bits per heavy atom. The second-order valence-electron chi connectivity index (χ2n) is 12.5. The van der Waals surface area contributed by atoms with Crippen molar-refractivity contribution < 1.29 is 18.9 Å². The number of rotatable bonds is 20. The zero-order valence-corrected chi connectivity index (χ0v) is 31.1. The smallest absolute Gasteiger partial charge is 0.150 e. The first kappa shape index (κ1) is 37.1. The van der Waals surface area contributed by atoms with E-state index in [4.69, 9.17) is 47.1 Å². The van der Waals surface area contributed by atoms with Crippen molar-refractivity contribution in [1.82, 2.24) is 19.4 Å². The maximum Gasteiger partial charge on any atom is 0.150 e. The molecule has 0 amide bonds. The van der Waals surface area contributed by atoms with Crippen molar-refractivity contribution in [2.24, 2.45) is 0 Å². The van der Waals surface area contributed by atoms with Gasteiger partial charge in [0.05, 0.1) is 34.3 Å². The molecule has 0 aliphatic carbocycles. The maximum atomic E-state index is 6.57. The molecule has 10 heteroatoms. The van der Waals surface area contributed by atoms with Crippen LogP contribution in [-0.2, 0) is 6.54 Å². The predicted molar refractivity (Wildman–Crippen MR) is 201 cm³/mol. The van der Waals surface area contributed by atoms with Gasteiger partial charge < -0.3 is 28.4 Å². The Morgan fingerprint density at radius 1 is 0.714 bits per heavy atom. The SMILES string of the molecule is CCCCn1c(-c2ccc(Oc3ccc(Cl)c(Cl)c3)cc2OCCN2CCCC2)nc2c(OCCC)cc(OCCCN(CC)CC)cc21. The van der Waals surface area contributed by atoms with Crippen LogP contribution in [0.4, 0.5) is 0 Å². The van der Waals surface area contributed by atoms with E-state index in [1.165, 1.54) is 12.8 Å². The molecule has 5 rings (SSSR count). The van der Waals surface area contributed by atoms with Crippen molar-refractivity contribution in [3.05, 3.63) is 58.6 Å². The van der Waals surface area contributed by atoms with Gasteiger partial charge in [-0.15, -0.1) is 0 Å². The van der Waals surface area contributed by atoms with Gasteiger partial charge in [0, 0.05) is 43.9 Å². The van der Waals surface area contributed by atoms with E-state index in [9.17, 15) is 0 Å². The normalized spacial score (nSPS) is 13.4. The van der Waals surface area contributed by atoms with Gasteiger partial charge in [-0.2, -0.15) is 0 Å². The molecule has 3 aromatic carbocycles. The summed E-state index contributed by atoms with van der Waals surface area (Å²) in [5.74, 6) is 4.33. The highest BCUT2D eigenvalue weighted by atomic mass is 35.5. The van der Waals surface area contributed by atoms with E-state index < -0.39 is 0 Å². The summed E-state index contributed by atoms with van der Waals surface area (Å²) in [5.41, 5.74) is 2.72. The maximum absolute atomic E-state index is 6.57. The minimum Gasteiger partial charge on any atom is -0.493 e. The van der Waals surface area contributed by atoms with Crippen molar-refractivity contribution in [3.8, 4) is 40.1 Å². The molecular formula is C39H52Cl2N4O4. The molecule has 0 N–H and O–H groups in total. The zero-order chi connectivity index (χ0) is 34.6. The molecule has 1 fully saturated rings. The van der Waals surface area contributed by atoms with Crippen molar-refractivity contribution >= 4 is 34.2 Å². The monoisotopic (exact) mass is 710 g/mol. The van der Waals surface area contributed by atoms with Gasteiger partial charge in [-0.1, -0.05) is 57.3 Å².